The van der Waals surface area contributed by atoms with E-state index in [1.807, 2.05) is 6.08 Å². The van der Waals surface area contributed by atoms with Crippen LogP contribution in [0.3, 0.4) is 0 Å². The van der Waals surface area contributed by atoms with Gasteiger partial charge in [0, 0.05) is 12.1 Å². The van der Waals surface area contributed by atoms with Gasteiger partial charge in [0.15, 0.2) is 5.76 Å². The van der Waals surface area contributed by atoms with Gasteiger partial charge in [-0.25, -0.2) is 8.42 Å². The second-order valence-corrected chi connectivity index (χ2v) is 9.67. The number of aliphatic hydroxyl groups is 1. The first-order valence-corrected chi connectivity index (χ1v) is 12.2. The summed E-state index contributed by atoms with van der Waals surface area (Å²) in [5.74, 6) is 0.490. The van der Waals surface area contributed by atoms with E-state index < -0.39 is 16.1 Å². The predicted molar refractivity (Wildman–Crippen MR) is 125 cm³/mol. The summed E-state index contributed by atoms with van der Waals surface area (Å²) in [6.07, 6.45) is 5.53. The summed E-state index contributed by atoms with van der Waals surface area (Å²) in [5.41, 5.74) is 1.93. The molecule has 0 radical (unpaired) electrons. The van der Waals surface area contributed by atoms with Crippen molar-refractivity contribution in [3.05, 3.63) is 71.0 Å². The Labute approximate surface area is 196 Å². The zero-order valence-electron chi connectivity index (χ0n) is 17.8. The van der Waals surface area contributed by atoms with Crippen LogP contribution < -0.4 is 4.72 Å². The summed E-state index contributed by atoms with van der Waals surface area (Å²) >= 11 is 5.90. The van der Waals surface area contributed by atoms with Crippen molar-refractivity contribution in [2.24, 2.45) is 0 Å². The number of nitrogens with one attached hydrogen (secondary N) is 1. The number of rotatable bonds is 9. The van der Waals surface area contributed by atoms with Gasteiger partial charge in [0.1, 0.15) is 6.10 Å². The van der Waals surface area contributed by atoms with Crippen LogP contribution >= 0.6 is 11.6 Å². The SMILES string of the molecule is CO[C@H]1CC=CC(CO)=C1n1c(NS(=O)(=O)CCc2ccc(Cl)cc2)nnc1-c1ccco1. The number of anilines is 1. The van der Waals surface area contributed by atoms with Gasteiger partial charge in [0.25, 0.3) is 0 Å². The van der Waals surface area contributed by atoms with Crippen molar-refractivity contribution in [2.45, 2.75) is 18.9 Å². The molecule has 0 fully saturated rings. The molecule has 0 aliphatic heterocycles. The minimum atomic E-state index is -3.79. The molecule has 0 unspecified atom stereocenters. The fourth-order valence-corrected chi connectivity index (χ4v) is 4.75. The third-order valence-electron chi connectivity index (χ3n) is 5.22. The number of halogens is 1. The van der Waals surface area contributed by atoms with Crippen molar-refractivity contribution in [1.29, 1.82) is 0 Å². The van der Waals surface area contributed by atoms with Crippen LogP contribution in [0.2, 0.25) is 5.02 Å². The second kappa shape index (κ2) is 9.92. The highest BCUT2D eigenvalue weighted by Gasteiger charge is 2.29. The van der Waals surface area contributed by atoms with Crippen LogP contribution in [-0.2, 0) is 21.2 Å². The maximum Gasteiger partial charge on any atom is 0.243 e. The highest BCUT2D eigenvalue weighted by Crippen LogP contribution is 2.33. The molecule has 0 saturated heterocycles. The van der Waals surface area contributed by atoms with Gasteiger partial charge in [-0.15, -0.1) is 10.2 Å². The largest absolute Gasteiger partial charge is 0.461 e. The van der Waals surface area contributed by atoms with Crippen LogP contribution in [0.25, 0.3) is 17.3 Å². The minimum Gasteiger partial charge on any atom is -0.461 e. The Bertz CT molecular complexity index is 1260. The van der Waals surface area contributed by atoms with Crippen LogP contribution in [0.5, 0.6) is 0 Å². The van der Waals surface area contributed by atoms with E-state index in [9.17, 15) is 13.5 Å². The molecule has 0 spiro atoms. The first kappa shape index (κ1) is 23.2. The Balaban J connectivity index is 1.71. The second-order valence-electron chi connectivity index (χ2n) is 7.39. The van der Waals surface area contributed by atoms with Crippen molar-refractivity contribution in [3.63, 3.8) is 0 Å². The number of nitrogens with zero attached hydrogens (tertiary/aromatic N) is 3. The lowest BCUT2D eigenvalue weighted by Crippen LogP contribution is -2.26. The Hall–Kier alpha value is -2.92. The first-order valence-electron chi connectivity index (χ1n) is 10.2. The highest BCUT2D eigenvalue weighted by atomic mass is 35.5. The van der Waals surface area contributed by atoms with E-state index >= 15 is 0 Å². The Kier molecular flexibility index (Phi) is 6.99. The normalized spacial score (nSPS) is 16.4. The molecule has 11 heteroatoms. The Morgan fingerprint density at radius 2 is 2.06 bits per heavy atom. The number of methoxy groups -OCH3 is 1. The fourth-order valence-electron chi connectivity index (χ4n) is 3.60. The average molecular weight is 491 g/mol. The van der Waals surface area contributed by atoms with E-state index in [1.165, 1.54) is 10.8 Å². The number of furan rings is 1. The summed E-state index contributed by atoms with van der Waals surface area (Å²) < 4.78 is 41.0. The topological polar surface area (TPSA) is 119 Å². The van der Waals surface area contributed by atoms with Gasteiger partial charge in [-0.05, 0) is 48.2 Å². The number of hydrogen-bond donors (Lipinski definition) is 2. The van der Waals surface area contributed by atoms with E-state index in [4.69, 9.17) is 20.8 Å². The molecule has 33 heavy (non-hydrogen) atoms. The van der Waals surface area contributed by atoms with Crippen LogP contribution in [0.4, 0.5) is 5.95 Å². The Morgan fingerprint density at radius 3 is 2.73 bits per heavy atom. The maximum atomic E-state index is 12.9. The number of benzene rings is 1. The first-order chi connectivity index (χ1) is 15.9. The molecule has 2 N–H and O–H groups in total. The number of ether oxygens (including phenoxy) is 1. The monoisotopic (exact) mass is 490 g/mol. The summed E-state index contributed by atoms with van der Waals surface area (Å²) in [5, 5.41) is 18.8. The van der Waals surface area contributed by atoms with Crippen LogP contribution in [0.1, 0.15) is 12.0 Å². The zero-order valence-corrected chi connectivity index (χ0v) is 19.4. The highest BCUT2D eigenvalue weighted by molar-refractivity contribution is 7.92. The molecule has 3 aromatic rings. The standard InChI is InChI=1S/C22H23ClN4O5S/c1-31-18-5-2-4-16(14-28)20(18)27-21(19-6-3-12-32-19)24-25-22(27)26-33(29,30)13-11-15-7-9-17(23)10-8-15/h2-4,6-10,12,18,28H,5,11,13-14H2,1H3,(H,25,26)/t18-/m0/s1. The van der Waals surface area contributed by atoms with Gasteiger partial charge in [-0.3, -0.25) is 9.29 Å². The lowest BCUT2D eigenvalue weighted by atomic mass is 10.0. The number of aromatic nitrogens is 3. The maximum absolute atomic E-state index is 12.9. The van der Waals surface area contributed by atoms with Gasteiger partial charge in [0.05, 0.1) is 24.3 Å². The fraction of sp³-hybridized carbons (Fsp3) is 0.273. The molecular weight excluding hydrogens is 468 g/mol. The van der Waals surface area contributed by atoms with Crippen molar-refractivity contribution in [3.8, 4) is 11.6 Å². The molecule has 1 aliphatic rings. The number of aryl methyl sites for hydroxylation is 1. The summed E-state index contributed by atoms with van der Waals surface area (Å²) in [7, 11) is -2.24. The molecular formula is C22H23ClN4O5S. The Morgan fingerprint density at radius 1 is 1.27 bits per heavy atom. The van der Waals surface area contributed by atoms with Crippen LogP contribution in [0, 0.1) is 0 Å². The lowest BCUT2D eigenvalue weighted by Gasteiger charge is -2.26. The van der Waals surface area contributed by atoms with Crippen LogP contribution in [-0.4, -0.2) is 53.9 Å². The smallest absolute Gasteiger partial charge is 0.243 e. The molecule has 174 valence electrons. The number of hydrogen-bond acceptors (Lipinski definition) is 7. The number of sulfonamides is 1. The third kappa shape index (κ3) is 5.19. The van der Waals surface area contributed by atoms with Crippen molar-refractivity contribution < 1.29 is 22.7 Å². The molecule has 0 bridgehead atoms. The molecule has 4 rings (SSSR count). The van der Waals surface area contributed by atoms with E-state index in [0.717, 1.165) is 5.56 Å². The summed E-state index contributed by atoms with van der Waals surface area (Å²) in [4.78, 5) is 0. The molecule has 2 heterocycles. The zero-order chi connectivity index (χ0) is 23.4. The van der Waals surface area contributed by atoms with E-state index in [0.29, 0.717) is 34.9 Å². The van der Waals surface area contributed by atoms with E-state index in [-0.39, 0.29) is 24.1 Å². The van der Waals surface area contributed by atoms with Crippen molar-refractivity contribution >= 4 is 33.3 Å². The number of aliphatic hydroxyl groups excluding tert-OH is 1. The molecule has 1 atom stereocenters. The summed E-state index contributed by atoms with van der Waals surface area (Å²) in [6.45, 7) is -0.274. The predicted octanol–water partition coefficient (Wildman–Crippen LogP) is 3.35. The van der Waals surface area contributed by atoms with E-state index in [1.54, 1.807) is 49.6 Å². The van der Waals surface area contributed by atoms with Gasteiger partial charge in [-0.2, -0.15) is 0 Å². The molecule has 0 amide bonds. The van der Waals surface area contributed by atoms with Crippen molar-refractivity contribution in [2.75, 3.05) is 24.2 Å². The van der Waals surface area contributed by atoms with E-state index in [2.05, 4.69) is 14.9 Å². The molecule has 0 saturated carbocycles. The molecule has 1 aliphatic carbocycles. The third-order valence-corrected chi connectivity index (χ3v) is 6.71. The van der Waals surface area contributed by atoms with Gasteiger partial charge >= 0.3 is 0 Å². The van der Waals surface area contributed by atoms with Gasteiger partial charge < -0.3 is 14.3 Å². The van der Waals surface area contributed by atoms with Crippen LogP contribution in [0.15, 0.2) is 64.8 Å². The lowest BCUT2D eigenvalue weighted by molar-refractivity contribution is 0.144. The molecule has 1 aromatic carbocycles. The van der Waals surface area contributed by atoms with Gasteiger partial charge in [0.2, 0.25) is 21.8 Å². The van der Waals surface area contributed by atoms with Crippen molar-refractivity contribution in [1.82, 2.24) is 14.8 Å². The van der Waals surface area contributed by atoms with Gasteiger partial charge in [-0.1, -0.05) is 35.9 Å². The molecule has 9 nitrogen and oxygen atoms in total. The average Bonchev–Trinajstić information content (AvgIpc) is 3.48. The minimum absolute atomic E-state index is 0.0178. The summed E-state index contributed by atoms with van der Waals surface area (Å²) in [6, 6.07) is 10.4. The molecule has 2 aromatic heterocycles. The quantitative estimate of drug-likeness (QED) is 0.472.